The molecule has 0 saturated carbocycles. The fourth-order valence-corrected chi connectivity index (χ4v) is 3.27. The van der Waals surface area contributed by atoms with Gasteiger partial charge in [0.1, 0.15) is 7.85 Å². The molecule has 0 spiro atoms. The van der Waals surface area contributed by atoms with Gasteiger partial charge in [-0.15, -0.1) is 0 Å². The fourth-order valence-electron chi connectivity index (χ4n) is 3.27. The summed E-state index contributed by atoms with van der Waals surface area (Å²) < 4.78 is 4.36. The van der Waals surface area contributed by atoms with Crippen LogP contribution in [0.5, 0.6) is 0 Å². The van der Waals surface area contributed by atoms with Crippen molar-refractivity contribution in [3.8, 4) is 5.69 Å². The molecule has 0 aliphatic rings. The minimum absolute atomic E-state index is 0.745. The lowest BCUT2D eigenvalue weighted by Gasteiger charge is -2.06. The largest absolute Gasteiger partial charge is 0.278 e. The van der Waals surface area contributed by atoms with Crippen molar-refractivity contribution in [2.24, 2.45) is 0 Å². The van der Waals surface area contributed by atoms with Crippen LogP contribution in [0.2, 0.25) is 0 Å². The van der Waals surface area contributed by atoms with Crippen LogP contribution in [0.15, 0.2) is 72.8 Å². The Labute approximate surface area is 134 Å². The maximum Gasteiger partial charge on any atom is 0.220 e. The van der Waals surface area contributed by atoms with Gasteiger partial charge in [-0.05, 0) is 36.4 Å². The molecular weight excluding hydrogens is 281 g/mol. The van der Waals surface area contributed by atoms with E-state index in [4.69, 9.17) is 12.8 Å². The Bertz CT molecular complexity index is 1180. The van der Waals surface area contributed by atoms with E-state index in [1.165, 1.54) is 0 Å². The van der Waals surface area contributed by atoms with E-state index < -0.39 is 0 Å². The molecule has 0 atom stereocenters. The van der Waals surface area contributed by atoms with Crippen molar-refractivity contribution in [3.05, 3.63) is 72.8 Å². The first-order valence-electron chi connectivity index (χ1n) is 7.55. The van der Waals surface area contributed by atoms with Gasteiger partial charge in [0.2, 0.25) is 5.78 Å². The van der Waals surface area contributed by atoms with Crippen molar-refractivity contribution in [3.63, 3.8) is 0 Å². The second kappa shape index (κ2) is 4.49. The third kappa shape index (κ3) is 1.69. The SMILES string of the molecule is [B]c1cccc(-n2c3ccccc3n3c4ccccc4nc23)c1. The van der Waals surface area contributed by atoms with Gasteiger partial charge in [0.25, 0.3) is 0 Å². The summed E-state index contributed by atoms with van der Waals surface area (Å²) in [5.41, 5.74) is 6.12. The molecule has 0 bridgehead atoms. The topological polar surface area (TPSA) is 22.2 Å². The van der Waals surface area contributed by atoms with Crippen LogP contribution in [-0.4, -0.2) is 21.8 Å². The highest BCUT2D eigenvalue weighted by Crippen LogP contribution is 2.28. The molecule has 5 aromatic rings. The molecule has 2 radical (unpaired) electrons. The van der Waals surface area contributed by atoms with Gasteiger partial charge >= 0.3 is 0 Å². The van der Waals surface area contributed by atoms with Gasteiger partial charge in [-0.25, -0.2) is 4.98 Å². The number of nitrogens with zero attached hydrogens (tertiary/aromatic N) is 3. The quantitative estimate of drug-likeness (QED) is 0.435. The molecule has 0 aliphatic heterocycles. The molecule has 3 aromatic carbocycles. The number of fused-ring (bicyclic) bond motifs is 5. The molecule has 0 N–H and O–H groups in total. The lowest BCUT2D eigenvalue weighted by Crippen LogP contribution is -2.04. The van der Waals surface area contributed by atoms with Crippen molar-refractivity contribution in [2.45, 2.75) is 0 Å². The molecule has 0 saturated heterocycles. The third-order valence-electron chi connectivity index (χ3n) is 4.24. The highest BCUT2D eigenvalue weighted by molar-refractivity contribution is 6.32. The number of para-hydroxylation sites is 4. The lowest BCUT2D eigenvalue weighted by atomic mass is 9.96. The molecule has 106 valence electrons. The van der Waals surface area contributed by atoms with Crippen LogP contribution >= 0.6 is 0 Å². The second-order valence-corrected chi connectivity index (χ2v) is 5.66. The van der Waals surface area contributed by atoms with Crippen molar-refractivity contribution in [1.82, 2.24) is 14.0 Å². The lowest BCUT2D eigenvalue weighted by molar-refractivity contribution is 1.11. The first-order valence-corrected chi connectivity index (χ1v) is 7.55. The standard InChI is InChI=1S/C19H12BN3/c20-13-6-5-7-14(12-13)22-17-10-3-4-11-18(17)23-16-9-2-1-8-15(16)21-19(22)23/h1-12H. The van der Waals surface area contributed by atoms with Crippen LogP contribution < -0.4 is 5.46 Å². The summed E-state index contributed by atoms with van der Waals surface area (Å²) in [6.45, 7) is 0. The van der Waals surface area contributed by atoms with Gasteiger partial charge in [0, 0.05) is 5.69 Å². The summed E-state index contributed by atoms with van der Waals surface area (Å²) in [5, 5.41) is 0. The molecule has 5 rings (SSSR count). The first-order chi connectivity index (χ1) is 11.3. The number of benzene rings is 3. The zero-order chi connectivity index (χ0) is 15.4. The second-order valence-electron chi connectivity index (χ2n) is 5.66. The Morgan fingerprint density at radius 1 is 0.739 bits per heavy atom. The van der Waals surface area contributed by atoms with E-state index in [2.05, 4.69) is 39.3 Å². The fraction of sp³-hybridized carbons (Fsp3) is 0. The number of aromatic nitrogens is 3. The van der Waals surface area contributed by atoms with E-state index in [0.717, 1.165) is 39.0 Å². The summed E-state index contributed by atoms with van der Waals surface area (Å²) in [6, 6.07) is 24.5. The van der Waals surface area contributed by atoms with E-state index in [1.54, 1.807) is 0 Å². The summed E-state index contributed by atoms with van der Waals surface area (Å²) in [4.78, 5) is 4.84. The third-order valence-corrected chi connectivity index (χ3v) is 4.24. The molecule has 0 unspecified atom stereocenters. The van der Waals surface area contributed by atoms with Crippen LogP contribution in [0, 0.1) is 0 Å². The number of hydrogen-bond acceptors (Lipinski definition) is 1. The smallest absolute Gasteiger partial charge is 0.220 e. The maximum atomic E-state index is 5.99. The highest BCUT2D eigenvalue weighted by Gasteiger charge is 2.16. The van der Waals surface area contributed by atoms with Gasteiger partial charge in [0.15, 0.2) is 0 Å². The number of hydrogen-bond donors (Lipinski definition) is 0. The van der Waals surface area contributed by atoms with E-state index >= 15 is 0 Å². The van der Waals surface area contributed by atoms with Gasteiger partial charge in [-0.2, -0.15) is 0 Å². The van der Waals surface area contributed by atoms with E-state index in [-0.39, 0.29) is 0 Å². The average Bonchev–Trinajstić information content (AvgIpc) is 3.09. The molecule has 0 amide bonds. The molecule has 4 heteroatoms. The Morgan fingerprint density at radius 2 is 1.48 bits per heavy atom. The van der Waals surface area contributed by atoms with Crippen molar-refractivity contribution < 1.29 is 0 Å². The molecule has 0 fully saturated rings. The van der Waals surface area contributed by atoms with E-state index in [1.807, 2.05) is 42.5 Å². The van der Waals surface area contributed by atoms with E-state index in [0.29, 0.717) is 0 Å². The molecule has 2 aromatic heterocycles. The van der Waals surface area contributed by atoms with Gasteiger partial charge in [-0.3, -0.25) is 8.97 Å². The van der Waals surface area contributed by atoms with E-state index in [9.17, 15) is 0 Å². The van der Waals surface area contributed by atoms with Crippen LogP contribution in [0.25, 0.3) is 33.5 Å². The number of rotatable bonds is 1. The Hall–Kier alpha value is -3.01. The average molecular weight is 293 g/mol. The summed E-state index contributed by atoms with van der Waals surface area (Å²) in [7, 11) is 5.99. The minimum Gasteiger partial charge on any atom is -0.278 e. The molecule has 3 nitrogen and oxygen atoms in total. The van der Waals surface area contributed by atoms with Crippen molar-refractivity contribution in [2.75, 3.05) is 0 Å². The van der Waals surface area contributed by atoms with Crippen molar-refractivity contribution in [1.29, 1.82) is 0 Å². The molecule has 2 heterocycles. The normalized spacial score (nSPS) is 11.7. The molecule has 23 heavy (non-hydrogen) atoms. The zero-order valence-electron chi connectivity index (χ0n) is 12.3. The van der Waals surface area contributed by atoms with Crippen LogP contribution in [0.4, 0.5) is 0 Å². The summed E-state index contributed by atoms with van der Waals surface area (Å²) >= 11 is 0. The monoisotopic (exact) mass is 293 g/mol. The maximum absolute atomic E-state index is 5.99. The summed E-state index contributed by atoms with van der Waals surface area (Å²) in [5.74, 6) is 0.901. The van der Waals surface area contributed by atoms with Crippen LogP contribution in [-0.2, 0) is 0 Å². The van der Waals surface area contributed by atoms with Gasteiger partial charge < -0.3 is 0 Å². The number of imidazole rings is 2. The van der Waals surface area contributed by atoms with Crippen LogP contribution in [0.3, 0.4) is 0 Å². The van der Waals surface area contributed by atoms with Gasteiger partial charge in [0.05, 0.1) is 22.1 Å². The highest BCUT2D eigenvalue weighted by atomic mass is 15.2. The Balaban J connectivity index is 2.04. The predicted molar refractivity (Wildman–Crippen MR) is 94.9 cm³/mol. The minimum atomic E-state index is 0.745. The predicted octanol–water partition coefficient (Wildman–Crippen LogP) is 3.23. The zero-order valence-corrected chi connectivity index (χ0v) is 12.3. The Kier molecular flexibility index (Phi) is 2.45. The van der Waals surface area contributed by atoms with Crippen LogP contribution in [0.1, 0.15) is 0 Å². The van der Waals surface area contributed by atoms with Crippen molar-refractivity contribution >= 4 is 41.2 Å². The molecule has 0 aliphatic carbocycles. The molecular formula is C19H12BN3. The Morgan fingerprint density at radius 3 is 2.30 bits per heavy atom. The summed E-state index contributed by atoms with van der Waals surface area (Å²) in [6.07, 6.45) is 0. The first kappa shape index (κ1) is 12.5. The van der Waals surface area contributed by atoms with Gasteiger partial charge in [-0.1, -0.05) is 41.9 Å².